The zero-order valence-corrected chi connectivity index (χ0v) is 21.4. The summed E-state index contributed by atoms with van der Waals surface area (Å²) in [7, 11) is 0.163. The van der Waals surface area contributed by atoms with E-state index in [4.69, 9.17) is 9.47 Å². The number of rotatable bonds is 11. The molecule has 192 valence electrons. The molecule has 1 aromatic carbocycles. The van der Waals surface area contributed by atoms with Crippen LogP contribution in [-0.4, -0.2) is 75.5 Å². The van der Waals surface area contributed by atoms with Gasteiger partial charge in [-0.25, -0.2) is 18.2 Å². The lowest BCUT2D eigenvalue weighted by molar-refractivity contribution is -0.149. The van der Waals surface area contributed by atoms with E-state index in [-0.39, 0.29) is 29.0 Å². The zero-order chi connectivity index (χ0) is 25.5. The van der Waals surface area contributed by atoms with E-state index in [2.05, 4.69) is 0 Å². The Balaban J connectivity index is 2.41. The number of nitrogens with zero attached hydrogens (tertiary/aromatic N) is 2. The van der Waals surface area contributed by atoms with Crippen LogP contribution in [0, 0.1) is 17.8 Å². The first-order valence-corrected chi connectivity index (χ1v) is 12.9. The number of carbonyl (C=O) groups excluding carboxylic acids is 2. The maximum absolute atomic E-state index is 13.5. The Bertz CT molecular complexity index is 946. The van der Waals surface area contributed by atoms with Crippen LogP contribution in [0.25, 0.3) is 0 Å². The minimum absolute atomic E-state index is 0.0781. The molecule has 0 aliphatic carbocycles. The molecular formula is C23H37N3O7S. The molecule has 0 spiro atoms. The molecule has 1 aromatic rings. The van der Waals surface area contributed by atoms with Gasteiger partial charge in [0, 0.05) is 32.7 Å². The fourth-order valence-corrected chi connectivity index (χ4v) is 5.81. The van der Waals surface area contributed by atoms with Crippen LogP contribution in [0.15, 0.2) is 23.1 Å². The number of carbonyl (C=O) groups is 2. The van der Waals surface area contributed by atoms with Crippen molar-refractivity contribution in [3.8, 4) is 11.5 Å². The normalized spacial score (nSPS) is 16.3. The maximum Gasteiger partial charge on any atom is 0.256 e. The number of likely N-dealkylation sites (tertiary alicyclic amines) is 1. The van der Waals surface area contributed by atoms with Crippen LogP contribution in [0.1, 0.15) is 39.5 Å². The van der Waals surface area contributed by atoms with Gasteiger partial charge < -0.3 is 14.4 Å². The molecule has 2 N–H and O–H groups in total. The summed E-state index contributed by atoms with van der Waals surface area (Å²) in [4.78, 5) is 27.6. The van der Waals surface area contributed by atoms with Crippen molar-refractivity contribution < 1.29 is 32.7 Å². The zero-order valence-electron chi connectivity index (χ0n) is 20.6. The lowest BCUT2D eigenvalue weighted by Gasteiger charge is -2.35. The Labute approximate surface area is 202 Å². The van der Waals surface area contributed by atoms with Gasteiger partial charge in [-0.1, -0.05) is 13.8 Å². The average Bonchev–Trinajstić information content (AvgIpc) is 2.83. The molecule has 10 nitrogen and oxygen atoms in total. The minimum atomic E-state index is -4.05. The van der Waals surface area contributed by atoms with Gasteiger partial charge in [0.2, 0.25) is 15.9 Å². The van der Waals surface area contributed by atoms with E-state index >= 15 is 0 Å². The molecule has 1 aliphatic rings. The molecule has 2 amide bonds. The Morgan fingerprint density at radius 1 is 1.15 bits per heavy atom. The molecule has 34 heavy (non-hydrogen) atoms. The number of piperidine rings is 1. The van der Waals surface area contributed by atoms with Crippen LogP contribution in [0.4, 0.5) is 0 Å². The molecule has 1 fully saturated rings. The molecule has 11 heteroatoms. The molecule has 2 rings (SSSR count). The quantitative estimate of drug-likeness (QED) is 0.271. The van der Waals surface area contributed by atoms with Crippen molar-refractivity contribution in [2.24, 2.45) is 17.8 Å². The van der Waals surface area contributed by atoms with E-state index in [9.17, 15) is 23.2 Å². The summed E-state index contributed by atoms with van der Waals surface area (Å²) < 4.78 is 38.5. The number of hydroxylamine groups is 1. The third-order valence-electron chi connectivity index (χ3n) is 6.12. The smallest absolute Gasteiger partial charge is 0.256 e. The number of sulfonamides is 1. The second-order valence-corrected chi connectivity index (χ2v) is 11.0. The van der Waals surface area contributed by atoms with Gasteiger partial charge in [0.15, 0.2) is 0 Å². The van der Waals surface area contributed by atoms with Gasteiger partial charge in [-0.15, -0.1) is 0 Å². The first-order chi connectivity index (χ1) is 16.1. The highest BCUT2D eigenvalue weighted by molar-refractivity contribution is 7.89. The number of amides is 2. The van der Waals surface area contributed by atoms with E-state index in [1.807, 2.05) is 13.8 Å². The second kappa shape index (κ2) is 12.4. The molecule has 2 atom stereocenters. The predicted octanol–water partition coefficient (Wildman–Crippen LogP) is 2.12. The summed E-state index contributed by atoms with van der Waals surface area (Å²) in [5, 5.41) is 9.40. The topological polar surface area (TPSA) is 125 Å². The number of benzene rings is 1. The molecule has 0 bridgehead atoms. The van der Waals surface area contributed by atoms with E-state index in [0.717, 1.165) is 23.6 Å². The summed E-state index contributed by atoms with van der Waals surface area (Å²) in [5.74, 6) is -2.50. The molecule has 1 heterocycles. The largest absolute Gasteiger partial charge is 0.497 e. The Morgan fingerprint density at radius 2 is 1.79 bits per heavy atom. The lowest BCUT2D eigenvalue weighted by atomic mass is 9.83. The summed E-state index contributed by atoms with van der Waals surface area (Å²) in [6, 6.07) is 4.48. The van der Waals surface area contributed by atoms with Crippen molar-refractivity contribution in [2.75, 3.05) is 40.9 Å². The summed E-state index contributed by atoms with van der Waals surface area (Å²) in [6.07, 6.45) is 3.11. The Morgan fingerprint density at radius 3 is 2.32 bits per heavy atom. The first kappa shape index (κ1) is 27.9. The van der Waals surface area contributed by atoms with Crippen LogP contribution in [0.5, 0.6) is 11.5 Å². The van der Waals surface area contributed by atoms with Crippen molar-refractivity contribution in [1.29, 1.82) is 0 Å². The third-order valence-corrected chi connectivity index (χ3v) is 7.97. The number of hydrogen-bond acceptors (Lipinski definition) is 7. The van der Waals surface area contributed by atoms with Crippen LogP contribution in [0.3, 0.4) is 0 Å². The second-order valence-electron chi connectivity index (χ2n) is 9.03. The van der Waals surface area contributed by atoms with Crippen LogP contribution in [0.2, 0.25) is 0 Å². The molecule has 1 aliphatic heterocycles. The maximum atomic E-state index is 13.5. The minimum Gasteiger partial charge on any atom is -0.497 e. The lowest BCUT2D eigenvalue weighted by Crippen LogP contribution is -2.50. The average molecular weight is 500 g/mol. The summed E-state index contributed by atoms with van der Waals surface area (Å²) in [6.45, 7) is 4.85. The summed E-state index contributed by atoms with van der Waals surface area (Å²) >= 11 is 0. The standard InChI is InChI=1S/C23H37N3O7S/c1-16(2)13-17(21(22(27)24-29)23(28)26-11-7-6-8-12-26)15-25(3)34(30,31)20-14-18(32-4)9-10-19(20)33-5/h9-10,14,16-17,21,29H,6-8,11-13,15H2,1-5H3,(H,24,27)/t17-,21+/m0/s1. The number of nitrogens with one attached hydrogen (secondary N) is 1. The van der Waals surface area contributed by atoms with Gasteiger partial charge in [0.25, 0.3) is 5.91 Å². The van der Waals surface area contributed by atoms with Crippen molar-refractivity contribution >= 4 is 21.8 Å². The highest BCUT2D eigenvalue weighted by atomic mass is 32.2. The van der Waals surface area contributed by atoms with Crippen LogP contribution < -0.4 is 15.0 Å². The fourth-order valence-electron chi connectivity index (χ4n) is 4.41. The molecule has 1 saturated heterocycles. The third kappa shape index (κ3) is 6.61. The van der Waals surface area contributed by atoms with E-state index in [1.165, 1.54) is 33.4 Å². The fraction of sp³-hybridized carbons (Fsp3) is 0.652. The predicted molar refractivity (Wildman–Crippen MR) is 126 cm³/mol. The van der Waals surface area contributed by atoms with Crippen molar-refractivity contribution in [3.05, 3.63) is 18.2 Å². The van der Waals surface area contributed by atoms with Crippen molar-refractivity contribution in [2.45, 2.75) is 44.4 Å². The highest BCUT2D eigenvalue weighted by Crippen LogP contribution is 2.32. The highest BCUT2D eigenvalue weighted by Gasteiger charge is 2.40. The number of methoxy groups -OCH3 is 2. The van der Waals surface area contributed by atoms with E-state index in [1.54, 1.807) is 16.4 Å². The van der Waals surface area contributed by atoms with Crippen LogP contribution >= 0.6 is 0 Å². The Hall–Kier alpha value is -2.37. The molecule has 0 unspecified atom stereocenters. The molecule has 0 saturated carbocycles. The SMILES string of the molecule is COc1ccc(OC)c(S(=O)(=O)N(C)C[C@H](CC(C)C)[C@H](C(=O)NO)C(=O)N2CCCCC2)c1. The van der Waals surface area contributed by atoms with Gasteiger partial charge in [0.05, 0.1) is 14.2 Å². The number of hydrogen-bond donors (Lipinski definition) is 2. The van der Waals surface area contributed by atoms with Gasteiger partial charge in [-0.2, -0.15) is 0 Å². The number of ether oxygens (including phenoxy) is 2. The monoisotopic (exact) mass is 499 g/mol. The van der Waals surface area contributed by atoms with Crippen LogP contribution in [-0.2, 0) is 19.6 Å². The van der Waals surface area contributed by atoms with Gasteiger partial charge in [-0.3, -0.25) is 14.8 Å². The molecule has 0 aromatic heterocycles. The Kier molecular flexibility index (Phi) is 10.1. The van der Waals surface area contributed by atoms with Gasteiger partial charge in [0.1, 0.15) is 22.3 Å². The molecular weight excluding hydrogens is 462 g/mol. The van der Waals surface area contributed by atoms with E-state index < -0.39 is 27.8 Å². The van der Waals surface area contributed by atoms with E-state index in [0.29, 0.717) is 25.3 Å². The van der Waals surface area contributed by atoms with Crippen molar-refractivity contribution in [3.63, 3.8) is 0 Å². The molecule has 0 radical (unpaired) electrons. The van der Waals surface area contributed by atoms with Gasteiger partial charge in [-0.05, 0) is 49.7 Å². The first-order valence-electron chi connectivity index (χ1n) is 11.5. The van der Waals surface area contributed by atoms with Gasteiger partial charge >= 0.3 is 0 Å². The summed E-state index contributed by atoms with van der Waals surface area (Å²) in [5.41, 5.74) is 1.62. The van der Waals surface area contributed by atoms with Crippen molar-refractivity contribution in [1.82, 2.24) is 14.7 Å².